The van der Waals surface area contributed by atoms with Crippen molar-refractivity contribution in [3.8, 4) is 0 Å². The highest BCUT2D eigenvalue weighted by atomic mass is 14.9. The zero-order valence-corrected chi connectivity index (χ0v) is 10.2. The molecule has 0 spiro atoms. The Morgan fingerprint density at radius 1 is 1.21 bits per heavy atom. The number of nitrogens with one attached hydrogen (secondary N) is 1. The molecule has 1 rings (SSSR count). The lowest BCUT2D eigenvalue weighted by atomic mass is 9.69. The summed E-state index contributed by atoms with van der Waals surface area (Å²) in [6, 6.07) is 0. The zero-order chi connectivity index (χ0) is 10.4. The van der Waals surface area contributed by atoms with E-state index < -0.39 is 0 Å². The van der Waals surface area contributed by atoms with E-state index in [0.717, 1.165) is 5.92 Å². The molecule has 1 aliphatic rings. The van der Waals surface area contributed by atoms with E-state index >= 15 is 0 Å². The van der Waals surface area contributed by atoms with Gasteiger partial charge < -0.3 is 5.32 Å². The molecule has 0 saturated heterocycles. The fourth-order valence-electron chi connectivity index (χ4n) is 2.56. The van der Waals surface area contributed by atoms with Gasteiger partial charge in [0.1, 0.15) is 0 Å². The SMILES string of the molecule is CCCNCC1(CC)CCC(C)CC1. The molecule has 1 aliphatic carbocycles. The molecule has 1 fully saturated rings. The van der Waals surface area contributed by atoms with E-state index in [1.54, 1.807) is 0 Å². The van der Waals surface area contributed by atoms with Crippen molar-refractivity contribution in [2.24, 2.45) is 11.3 Å². The molecule has 0 bridgehead atoms. The lowest BCUT2D eigenvalue weighted by Crippen LogP contribution is -2.37. The molecule has 0 aliphatic heterocycles. The molecule has 1 N–H and O–H groups in total. The second-order valence-corrected chi connectivity index (χ2v) is 5.21. The van der Waals surface area contributed by atoms with Crippen LogP contribution in [0, 0.1) is 11.3 Å². The average Bonchev–Trinajstić information content (AvgIpc) is 2.22. The Bertz CT molecular complexity index is 145. The Morgan fingerprint density at radius 2 is 1.86 bits per heavy atom. The summed E-state index contributed by atoms with van der Waals surface area (Å²) in [5, 5.41) is 3.61. The van der Waals surface area contributed by atoms with Crippen LogP contribution >= 0.6 is 0 Å². The first kappa shape index (κ1) is 12.0. The molecule has 14 heavy (non-hydrogen) atoms. The maximum atomic E-state index is 3.61. The van der Waals surface area contributed by atoms with Gasteiger partial charge in [0.25, 0.3) is 0 Å². The van der Waals surface area contributed by atoms with Crippen LogP contribution in [0.15, 0.2) is 0 Å². The van der Waals surface area contributed by atoms with Gasteiger partial charge in [-0.3, -0.25) is 0 Å². The highest BCUT2D eigenvalue weighted by Gasteiger charge is 2.31. The van der Waals surface area contributed by atoms with Crippen molar-refractivity contribution in [1.82, 2.24) is 5.32 Å². The third kappa shape index (κ3) is 3.27. The molecular weight excluding hydrogens is 170 g/mol. The molecular formula is C13H27N. The summed E-state index contributed by atoms with van der Waals surface area (Å²) < 4.78 is 0. The predicted molar refractivity (Wildman–Crippen MR) is 63.5 cm³/mol. The highest BCUT2D eigenvalue weighted by Crippen LogP contribution is 2.40. The summed E-state index contributed by atoms with van der Waals surface area (Å²) in [6.07, 6.45) is 8.40. The quantitative estimate of drug-likeness (QED) is 0.664. The van der Waals surface area contributed by atoms with E-state index in [1.807, 2.05) is 0 Å². The van der Waals surface area contributed by atoms with Crippen LogP contribution < -0.4 is 5.32 Å². The number of rotatable bonds is 5. The standard InChI is InChI=1S/C13H27N/c1-4-10-14-11-13(5-2)8-6-12(3)7-9-13/h12,14H,4-11H2,1-3H3. The summed E-state index contributed by atoms with van der Waals surface area (Å²) in [5.74, 6) is 0.973. The third-order valence-corrected chi connectivity index (χ3v) is 4.01. The monoisotopic (exact) mass is 197 g/mol. The number of hydrogen-bond donors (Lipinski definition) is 1. The van der Waals surface area contributed by atoms with Crippen molar-refractivity contribution in [1.29, 1.82) is 0 Å². The lowest BCUT2D eigenvalue weighted by Gasteiger charge is -2.39. The van der Waals surface area contributed by atoms with Gasteiger partial charge in [-0.25, -0.2) is 0 Å². The molecule has 84 valence electrons. The van der Waals surface area contributed by atoms with Crippen LogP contribution in [0.3, 0.4) is 0 Å². The maximum absolute atomic E-state index is 3.61. The summed E-state index contributed by atoms with van der Waals surface area (Å²) >= 11 is 0. The van der Waals surface area contributed by atoms with Gasteiger partial charge >= 0.3 is 0 Å². The molecule has 1 nitrogen and oxygen atoms in total. The van der Waals surface area contributed by atoms with Crippen molar-refractivity contribution in [2.45, 2.75) is 59.3 Å². The molecule has 1 saturated carbocycles. The van der Waals surface area contributed by atoms with E-state index in [-0.39, 0.29) is 0 Å². The van der Waals surface area contributed by atoms with Gasteiger partial charge in [0.2, 0.25) is 0 Å². The van der Waals surface area contributed by atoms with Crippen molar-refractivity contribution < 1.29 is 0 Å². The first-order valence-electron chi connectivity index (χ1n) is 6.43. The zero-order valence-electron chi connectivity index (χ0n) is 10.2. The Hall–Kier alpha value is -0.0400. The van der Waals surface area contributed by atoms with Gasteiger partial charge in [-0.1, -0.05) is 33.6 Å². The average molecular weight is 197 g/mol. The lowest BCUT2D eigenvalue weighted by molar-refractivity contribution is 0.145. The van der Waals surface area contributed by atoms with Gasteiger partial charge in [0.15, 0.2) is 0 Å². The smallest absolute Gasteiger partial charge is 0.000770 e. The van der Waals surface area contributed by atoms with E-state index in [2.05, 4.69) is 26.1 Å². The van der Waals surface area contributed by atoms with Gasteiger partial charge in [-0.15, -0.1) is 0 Å². The fourth-order valence-corrected chi connectivity index (χ4v) is 2.56. The Labute approximate surface area is 89.7 Å². The molecule has 0 amide bonds. The van der Waals surface area contributed by atoms with Crippen LogP contribution in [0.1, 0.15) is 59.3 Å². The van der Waals surface area contributed by atoms with Crippen LogP contribution in [0.2, 0.25) is 0 Å². The van der Waals surface area contributed by atoms with Crippen molar-refractivity contribution in [2.75, 3.05) is 13.1 Å². The van der Waals surface area contributed by atoms with E-state index in [0.29, 0.717) is 5.41 Å². The maximum Gasteiger partial charge on any atom is 0.000770 e. The fraction of sp³-hybridized carbons (Fsp3) is 1.00. The Morgan fingerprint density at radius 3 is 2.36 bits per heavy atom. The van der Waals surface area contributed by atoms with Crippen molar-refractivity contribution in [3.05, 3.63) is 0 Å². The van der Waals surface area contributed by atoms with Gasteiger partial charge in [-0.2, -0.15) is 0 Å². The second-order valence-electron chi connectivity index (χ2n) is 5.21. The van der Waals surface area contributed by atoms with Crippen molar-refractivity contribution >= 4 is 0 Å². The van der Waals surface area contributed by atoms with Gasteiger partial charge in [0.05, 0.1) is 0 Å². The minimum atomic E-state index is 0.641. The van der Waals surface area contributed by atoms with Crippen LogP contribution in [-0.4, -0.2) is 13.1 Å². The molecule has 0 atom stereocenters. The predicted octanol–water partition coefficient (Wildman–Crippen LogP) is 3.59. The van der Waals surface area contributed by atoms with Gasteiger partial charge in [-0.05, 0) is 43.6 Å². The van der Waals surface area contributed by atoms with Crippen LogP contribution in [-0.2, 0) is 0 Å². The largest absolute Gasteiger partial charge is 0.316 e. The first-order chi connectivity index (χ1) is 6.72. The molecule has 0 aromatic heterocycles. The van der Waals surface area contributed by atoms with E-state index in [4.69, 9.17) is 0 Å². The van der Waals surface area contributed by atoms with Crippen LogP contribution in [0.4, 0.5) is 0 Å². The van der Waals surface area contributed by atoms with E-state index in [1.165, 1.54) is 51.6 Å². The number of hydrogen-bond acceptors (Lipinski definition) is 1. The topological polar surface area (TPSA) is 12.0 Å². The summed E-state index contributed by atoms with van der Waals surface area (Å²) in [7, 11) is 0. The summed E-state index contributed by atoms with van der Waals surface area (Å²) in [6.45, 7) is 9.46. The molecule has 0 radical (unpaired) electrons. The summed E-state index contributed by atoms with van der Waals surface area (Å²) in [5.41, 5.74) is 0.641. The first-order valence-corrected chi connectivity index (χ1v) is 6.43. The molecule has 0 heterocycles. The van der Waals surface area contributed by atoms with Crippen molar-refractivity contribution in [3.63, 3.8) is 0 Å². The summed E-state index contributed by atoms with van der Waals surface area (Å²) in [4.78, 5) is 0. The van der Waals surface area contributed by atoms with Crippen LogP contribution in [0.25, 0.3) is 0 Å². The Balaban J connectivity index is 2.34. The van der Waals surface area contributed by atoms with Crippen LogP contribution in [0.5, 0.6) is 0 Å². The molecule has 0 unspecified atom stereocenters. The van der Waals surface area contributed by atoms with E-state index in [9.17, 15) is 0 Å². The normalized spacial score (nSPS) is 33.2. The molecule has 1 heteroatoms. The minimum absolute atomic E-state index is 0.641. The second kappa shape index (κ2) is 5.75. The van der Waals surface area contributed by atoms with Gasteiger partial charge in [0, 0.05) is 6.54 Å². The third-order valence-electron chi connectivity index (χ3n) is 4.01. The highest BCUT2D eigenvalue weighted by molar-refractivity contribution is 4.85. The minimum Gasteiger partial charge on any atom is -0.316 e. The Kier molecular flexibility index (Phi) is 4.94. The molecule has 0 aromatic carbocycles. The molecule has 0 aromatic rings.